The number of carbonyl (C=O) groups excluding carboxylic acids is 1. The van der Waals surface area contributed by atoms with Crippen LogP contribution in [0.5, 0.6) is 11.5 Å². The summed E-state index contributed by atoms with van der Waals surface area (Å²) in [6.45, 7) is 2.57. The normalized spacial score (nSPS) is 14.9. The highest BCUT2D eigenvalue weighted by atomic mass is 79.9. The predicted octanol–water partition coefficient (Wildman–Crippen LogP) is 4.73. The van der Waals surface area contributed by atoms with Crippen LogP contribution in [0.15, 0.2) is 51.6 Å². The van der Waals surface area contributed by atoms with E-state index in [1.54, 1.807) is 31.4 Å². The van der Waals surface area contributed by atoms with E-state index in [9.17, 15) is 9.18 Å². The fraction of sp³-hybridized carbons (Fsp3) is 0.200. The van der Waals surface area contributed by atoms with E-state index >= 15 is 0 Å². The third kappa shape index (κ3) is 4.36. The zero-order valence-electron chi connectivity index (χ0n) is 14.8. The van der Waals surface area contributed by atoms with E-state index in [1.807, 2.05) is 6.92 Å². The quantitative estimate of drug-likeness (QED) is 0.487. The molecule has 0 N–H and O–H groups in total. The number of aliphatic imine (C=N–C) groups is 1. The summed E-state index contributed by atoms with van der Waals surface area (Å²) in [7, 11) is 1.54. The Morgan fingerprint density at radius 2 is 2.11 bits per heavy atom. The number of ether oxygens (including phenoxy) is 3. The number of halogens is 2. The SMILES string of the molecule is CCCOc1c(Br)cc(/C=C2/N=C(c3cccc(F)c3)OC2=O)cc1OC. The molecule has 27 heavy (non-hydrogen) atoms. The molecular weight excluding hydrogens is 417 g/mol. The minimum atomic E-state index is -0.601. The van der Waals surface area contributed by atoms with E-state index in [-0.39, 0.29) is 11.6 Å². The van der Waals surface area contributed by atoms with Gasteiger partial charge in [0.05, 0.1) is 18.2 Å². The molecule has 1 heterocycles. The topological polar surface area (TPSA) is 57.1 Å². The lowest BCUT2D eigenvalue weighted by Gasteiger charge is -2.13. The van der Waals surface area contributed by atoms with Gasteiger partial charge in [0.15, 0.2) is 17.2 Å². The maximum atomic E-state index is 13.4. The minimum absolute atomic E-state index is 0.0691. The lowest BCUT2D eigenvalue weighted by Crippen LogP contribution is -2.05. The van der Waals surface area contributed by atoms with Crippen LogP contribution in [0.1, 0.15) is 24.5 Å². The Hall–Kier alpha value is -2.67. The van der Waals surface area contributed by atoms with Crippen LogP contribution in [0.3, 0.4) is 0 Å². The summed E-state index contributed by atoms with van der Waals surface area (Å²) in [6.07, 6.45) is 2.44. The van der Waals surface area contributed by atoms with Crippen molar-refractivity contribution in [1.29, 1.82) is 0 Å². The van der Waals surface area contributed by atoms with E-state index in [2.05, 4.69) is 20.9 Å². The van der Waals surface area contributed by atoms with Gasteiger partial charge in [-0.1, -0.05) is 13.0 Å². The molecule has 0 radical (unpaired) electrons. The monoisotopic (exact) mass is 433 g/mol. The van der Waals surface area contributed by atoms with Crippen molar-refractivity contribution in [3.63, 3.8) is 0 Å². The van der Waals surface area contributed by atoms with E-state index in [0.29, 0.717) is 33.7 Å². The fourth-order valence-corrected chi connectivity index (χ4v) is 3.05. The number of rotatable bonds is 6. The molecule has 0 bridgehead atoms. The third-order valence-corrected chi connectivity index (χ3v) is 4.29. The van der Waals surface area contributed by atoms with Gasteiger partial charge in [-0.25, -0.2) is 14.2 Å². The van der Waals surface area contributed by atoms with E-state index < -0.39 is 11.8 Å². The van der Waals surface area contributed by atoms with Crippen molar-refractivity contribution in [3.8, 4) is 11.5 Å². The molecule has 0 unspecified atom stereocenters. The van der Waals surface area contributed by atoms with Crippen LogP contribution in [0, 0.1) is 5.82 Å². The molecule has 3 rings (SSSR count). The smallest absolute Gasteiger partial charge is 0.363 e. The first-order valence-corrected chi connectivity index (χ1v) is 9.10. The van der Waals surface area contributed by atoms with Crippen molar-refractivity contribution in [1.82, 2.24) is 0 Å². The van der Waals surface area contributed by atoms with Gasteiger partial charge in [-0.15, -0.1) is 0 Å². The van der Waals surface area contributed by atoms with E-state index in [0.717, 1.165) is 6.42 Å². The van der Waals surface area contributed by atoms with Crippen LogP contribution in [0.2, 0.25) is 0 Å². The van der Waals surface area contributed by atoms with Gasteiger partial charge >= 0.3 is 5.97 Å². The van der Waals surface area contributed by atoms with Gasteiger partial charge in [-0.2, -0.15) is 0 Å². The molecule has 0 fully saturated rings. The van der Waals surface area contributed by atoms with Crippen LogP contribution in [0.4, 0.5) is 4.39 Å². The Bertz CT molecular complexity index is 940. The molecule has 0 aliphatic carbocycles. The molecule has 140 valence electrons. The minimum Gasteiger partial charge on any atom is -0.493 e. The van der Waals surface area contributed by atoms with Gasteiger partial charge in [0.2, 0.25) is 5.90 Å². The predicted molar refractivity (Wildman–Crippen MR) is 103 cm³/mol. The second-order valence-electron chi connectivity index (χ2n) is 5.73. The molecule has 0 spiro atoms. The maximum Gasteiger partial charge on any atom is 0.363 e. The summed E-state index contributed by atoms with van der Waals surface area (Å²) in [5.74, 6) is 0.167. The van der Waals surface area contributed by atoms with Gasteiger partial charge in [0.1, 0.15) is 5.82 Å². The highest BCUT2D eigenvalue weighted by Gasteiger charge is 2.24. The Morgan fingerprint density at radius 1 is 1.30 bits per heavy atom. The second kappa shape index (κ2) is 8.35. The van der Waals surface area contributed by atoms with Crippen LogP contribution in [-0.4, -0.2) is 25.6 Å². The molecule has 0 amide bonds. The summed E-state index contributed by atoms with van der Waals surface area (Å²) in [5.41, 5.74) is 1.19. The van der Waals surface area contributed by atoms with Gasteiger partial charge in [-0.3, -0.25) is 0 Å². The number of nitrogens with zero attached hydrogens (tertiary/aromatic N) is 1. The summed E-state index contributed by atoms with van der Waals surface area (Å²) in [4.78, 5) is 16.3. The Labute approximate surface area is 164 Å². The van der Waals surface area contributed by atoms with E-state index in [4.69, 9.17) is 14.2 Å². The van der Waals surface area contributed by atoms with Gasteiger partial charge in [0, 0.05) is 5.56 Å². The maximum absolute atomic E-state index is 13.4. The number of benzene rings is 2. The molecule has 0 saturated heterocycles. The highest BCUT2D eigenvalue weighted by Crippen LogP contribution is 2.37. The molecule has 1 aliphatic heterocycles. The van der Waals surface area contributed by atoms with Crippen molar-refractivity contribution in [2.75, 3.05) is 13.7 Å². The van der Waals surface area contributed by atoms with Crippen molar-refractivity contribution in [2.45, 2.75) is 13.3 Å². The van der Waals surface area contributed by atoms with Crippen LogP contribution in [0.25, 0.3) is 6.08 Å². The zero-order valence-corrected chi connectivity index (χ0v) is 16.4. The molecule has 0 atom stereocenters. The average molecular weight is 434 g/mol. The van der Waals surface area contributed by atoms with Crippen LogP contribution in [-0.2, 0) is 9.53 Å². The summed E-state index contributed by atoms with van der Waals surface area (Å²) in [6, 6.07) is 9.25. The molecule has 0 aromatic heterocycles. The number of cyclic esters (lactones) is 1. The molecule has 0 saturated carbocycles. The first-order chi connectivity index (χ1) is 13.0. The Balaban J connectivity index is 1.94. The summed E-state index contributed by atoms with van der Waals surface area (Å²) in [5, 5.41) is 0. The summed E-state index contributed by atoms with van der Waals surface area (Å²) < 4.78 is 30.3. The first kappa shape index (κ1) is 19.1. The molecule has 1 aliphatic rings. The third-order valence-electron chi connectivity index (χ3n) is 3.70. The van der Waals surface area contributed by atoms with Crippen molar-refractivity contribution in [2.24, 2.45) is 4.99 Å². The Morgan fingerprint density at radius 3 is 2.81 bits per heavy atom. The summed E-state index contributed by atoms with van der Waals surface area (Å²) >= 11 is 3.46. The van der Waals surface area contributed by atoms with Crippen LogP contribution >= 0.6 is 15.9 Å². The van der Waals surface area contributed by atoms with Crippen molar-refractivity contribution >= 4 is 33.9 Å². The average Bonchev–Trinajstić information content (AvgIpc) is 3.01. The zero-order chi connectivity index (χ0) is 19.4. The van der Waals surface area contributed by atoms with Gasteiger partial charge in [-0.05, 0) is 64.3 Å². The van der Waals surface area contributed by atoms with Crippen LogP contribution < -0.4 is 9.47 Å². The number of esters is 1. The number of hydrogen-bond acceptors (Lipinski definition) is 5. The molecule has 2 aromatic rings. The Kier molecular flexibility index (Phi) is 5.91. The van der Waals surface area contributed by atoms with Gasteiger partial charge < -0.3 is 14.2 Å². The fourth-order valence-electron chi connectivity index (χ4n) is 2.48. The second-order valence-corrected chi connectivity index (χ2v) is 6.58. The van der Waals surface area contributed by atoms with Gasteiger partial charge in [0.25, 0.3) is 0 Å². The van der Waals surface area contributed by atoms with E-state index in [1.165, 1.54) is 18.2 Å². The standard InChI is InChI=1S/C20H17BrFNO4/c1-3-7-26-18-15(21)8-12(10-17(18)25-2)9-16-20(24)27-19(23-16)13-5-4-6-14(22)11-13/h4-6,8-11H,3,7H2,1-2H3/b16-9+. The van der Waals surface area contributed by atoms with Crippen molar-refractivity contribution in [3.05, 3.63) is 63.5 Å². The molecular formula is C20H17BrFNO4. The lowest BCUT2D eigenvalue weighted by atomic mass is 10.1. The number of carbonyl (C=O) groups is 1. The largest absolute Gasteiger partial charge is 0.493 e. The molecule has 7 heteroatoms. The number of methoxy groups -OCH3 is 1. The first-order valence-electron chi connectivity index (χ1n) is 8.30. The molecule has 2 aromatic carbocycles. The molecule has 5 nitrogen and oxygen atoms in total. The van der Waals surface area contributed by atoms with Crippen molar-refractivity contribution < 1.29 is 23.4 Å². The lowest BCUT2D eigenvalue weighted by molar-refractivity contribution is -0.129. The highest BCUT2D eigenvalue weighted by molar-refractivity contribution is 9.10. The number of hydrogen-bond donors (Lipinski definition) is 0.